The van der Waals surface area contributed by atoms with Crippen LogP contribution in [0, 0.1) is 0 Å². The smallest absolute Gasteiger partial charge is 0.322 e. The first kappa shape index (κ1) is 16.0. The molecular formula is C12H22N6O2. The van der Waals surface area contributed by atoms with Gasteiger partial charge < -0.3 is 20.9 Å². The molecule has 112 valence electrons. The van der Waals surface area contributed by atoms with E-state index in [9.17, 15) is 9.59 Å². The number of hydrogen-bond acceptors (Lipinski definition) is 4. The highest BCUT2D eigenvalue weighted by molar-refractivity contribution is 5.85. The van der Waals surface area contributed by atoms with Gasteiger partial charge in [0.25, 0.3) is 0 Å². The summed E-state index contributed by atoms with van der Waals surface area (Å²) in [6, 6.07) is -0.318. The van der Waals surface area contributed by atoms with Crippen molar-refractivity contribution in [3.8, 4) is 0 Å². The van der Waals surface area contributed by atoms with Crippen molar-refractivity contribution in [2.24, 2.45) is 4.99 Å². The molecule has 0 aromatic carbocycles. The van der Waals surface area contributed by atoms with Crippen molar-refractivity contribution in [1.29, 1.82) is 0 Å². The number of hydrogen-bond donors (Lipinski definition) is 3. The lowest BCUT2D eigenvalue weighted by Crippen LogP contribution is -2.52. The minimum Gasteiger partial charge on any atom is -0.341 e. The van der Waals surface area contributed by atoms with Crippen LogP contribution in [-0.4, -0.2) is 75.4 Å². The third kappa shape index (κ3) is 4.23. The Morgan fingerprint density at radius 1 is 1.40 bits per heavy atom. The number of rotatable bonds is 3. The van der Waals surface area contributed by atoms with Crippen molar-refractivity contribution in [1.82, 2.24) is 25.8 Å². The molecule has 3 N–H and O–H groups in total. The van der Waals surface area contributed by atoms with Gasteiger partial charge in [0, 0.05) is 53.4 Å². The lowest BCUT2D eigenvalue weighted by Gasteiger charge is -2.32. The number of amides is 2. The van der Waals surface area contributed by atoms with Gasteiger partial charge in [0.15, 0.2) is 5.96 Å². The minimum atomic E-state index is -0.318. The lowest BCUT2D eigenvalue weighted by molar-refractivity contribution is -0.104. The van der Waals surface area contributed by atoms with Crippen LogP contribution in [-0.2, 0) is 4.79 Å². The van der Waals surface area contributed by atoms with Gasteiger partial charge in [-0.05, 0) is 0 Å². The second-order valence-electron chi connectivity index (χ2n) is 4.21. The van der Waals surface area contributed by atoms with E-state index in [1.807, 2.05) is 0 Å². The summed E-state index contributed by atoms with van der Waals surface area (Å²) in [6.07, 6.45) is 1.93. The van der Waals surface area contributed by atoms with Gasteiger partial charge in [0.05, 0.1) is 0 Å². The van der Waals surface area contributed by atoms with Gasteiger partial charge in [-0.3, -0.25) is 14.7 Å². The molecule has 0 aromatic rings. The zero-order valence-electron chi connectivity index (χ0n) is 12.1. The SMILES string of the molecule is CN=C(N/C(=C/C=O)N(C)C(=O)NC)N1CCNCC1. The molecule has 1 rings (SSSR count). The zero-order valence-corrected chi connectivity index (χ0v) is 12.1. The highest BCUT2D eigenvalue weighted by Crippen LogP contribution is 2.01. The molecule has 0 unspecified atom stereocenters. The molecule has 0 spiro atoms. The number of nitrogens with zero attached hydrogens (tertiary/aromatic N) is 3. The molecular weight excluding hydrogens is 260 g/mol. The number of aldehydes is 1. The van der Waals surface area contributed by atoms with Gasteiger partial charge in [-0.25, -0.2) is 4.79 Å². The largest absolute Gasteiger partial charge is 0.341 e. The summed E-state index contributed by atoms with van der Waals surface area (Å²) in [5, 5.41) is 8.79. The van der Waals surface area contributed by atoms with Crippen molar-refractivity contribution in [3.63, 3.8) is 0 Å². The number of allylic oxidation sites excluding steroid dienone is 1. The Labute approximate surface area is 118 Å². The molecule has 0 atom stereocenters. The molecule has 0 aliphatic carbocycles. The van der Waals surface area contributed by atoms with E-state index in [1.165, 1.54) is 18.0 Å². The predicted octanol–water partition coefficient (Wildman–Crippen LogP) is -1.22. The Morgan fingerprint density at radius 3 is 2.55 bits per heavy atom. The van der Waals surface area contributed by atoms with E-state index in [4.69, 9.17) is 0 Å². The molecule has 0 aromatic heterocycles. The van der Waals surface area contributed by atoms with Crippen LogP contribution in [0.25, 0.3) is 0 Å². The summed E-state index contributed by atoms with van der Waals surface area (Å²) in [7, 11) is 4.78. The van der Waals surface area contributed by atoms with E-state index >= 15 is 0 Å². The van der Waals surface area contributed by atoms with E-state index in [0.717, 1.165) is 26.2 Å². The van der Waals surface area contributed by atoms with Gasteiger partial charge in [0.1, 0.15) is 12.1 Å². The van der Waals surface area contributed by atoms with Gasteiger partial charge >= 0.3 is 6.03 Å². The van der Waals surface area contributed by atoms with Crippen LogP contribution >= 0.6 is 0 Å². The Kier molecular flexibility index (Phi) is 6.51. The quantitative estimate of drug-likeness (QED) is 0.261. The summed E-state index contributed by atoms with van der Waals surface area (Å²) in [5.74, 6) is 1.01. The fraction of sp³-hybridized carbons (Fsp3) is 0.583. The Bertz CT molecular complexity index is 401. The van der Waals surface area contributed by atoms with Crippen LogP contribution in [0.1, 0.15) is 0 Å². The van der Waals surface area contributed by atoms with Gasteiger partial charge in [-0.1, -0.05) is 0 Å². The van der Waals surface area contributed by atoms with E-state index in [2.05, 4.69) is 25.8 Å². The van der Waals surface area contributed by atoms with Gasteiger partial charge in [-0.15, -0.1) is 0 Å². The molecule has 1 fully saturated rings. The third-order valence-corrected chi connectivity index (χ3v) is 2.97. The maximum absolute atomic E-state index is 11.6. The molecule has 0 bridgehead atoms. The number of carbonyl (C=O) groups is 2. The maximum Gasteiger partial charge on any atom is 0.322 e. The highest BCUT2D eigenvalue weighted by Gasteiger charge is 2.18. The van der Waals surface area contributed by atoms with E-state index < -0.39 is 0 Å². The second kappa shape index (κ2) is 8.16. The van der Waals surface area contributed by atoms with Crippen molar-refractivity contribution < 1.29 is 9.59 Å². The maximum atomic E-state index is 11.6. The summed E-state index contributed by atoms with van der Waals surface area (Å²) in [6.45, 7) is 3.38. The highest BCUT2D eigenvalue weighted by atomic mass is 16.2. The van der Waals surface area contributed by atoms with Crippen LogP contribution in [0.2, 0.25) is 0 Å². The number of aliphatic imine (C=N–C) groups is 1. The first-order valence-corrected chi connectivity index (χ1v) is 6.44. The molecule has 0 saturated carbocycles. The summed E-state index contributed by atoms with van der Waals surface area (Å²) < 4.78 is 0. The third-order valence-electron chi connectivity index (χ3n) is 2.97. The van der Waals surface area contributed by atoms with Crippen LogP contribution in [0.15, 0.2) is 16.9 Å². The Balaban J connectivity index is 2.80. The predicted molar refractivity (Wildman–Crippen MR) is 77.3 cm³/mol. The molecule has 1 aliphatic heterocycles. The summed E-state index contributed by atoms with van der Waals surface area (Å²) in [5.41, 5.74) is 0. The van der Waals surface area contributed by atoms with Crippen LogP contribution in [0.5, 0.6) is 0 Å². The van der Waals surface area contributed by atoms with Crippen molar-refractivity contribution in [2.75, 3.05) is 47.3 Å². The van der Waals surface area contributed by atoms with E-state index in [1.54, 1.807) is 14.1 Å². The van der Waals surface area contributed by atoms with Crippen molar-refractivity contribution in [2.45, 2.75) is 0 Å². The standard InChI is InChI=1S/C12H22N6O2/c1-13-11(18-7-5-15-6-8-18)16-10(4-9-19)17(3)12(20)14-2/h4,9,15H,5-8H2,1-3H3,(H,13,16)(H,14,20)/b10-4-. The molecule has 20 heavy (non-hydrogen) atoms. The van der Waals surface area contributed by atoms with Crippen LogP contribution in [0.3, 0.4) is 0 Å². The molecule has 1 aliphatic rings. The van der Waals surface area contributed by atoms with Gasteiger partial charge in [-0.2, -0.15) is 0 Å². The lowest BCUT2D eigenvalue weighted by atomic mass is 10.4. The minimum absolute atomic E-state index is 0.318. The van der Waals surface area contributed by atoms with Crippen molar-refractivity contribution in [3.05, 3.63) is 11.9 Å². The normalized spacial score (nSPS) is 16.6. The number of piperazine rings is 1. The second-order valence-corrected chi connectivity index (χ2v) is 4.21. The summed E-state index contributed by atoms with van der Waals surface area (Å²) in [4.78, 5) is 29.9. The fourth-order valence-electron chi connectivity index (χ4n) is 1.85. The Hall–Kier alpha value is -2.09. The Morgan fingerprint density at radius 2 is 2.05 bits per heavy atom. The van der Waals surface area contributed by atoms with Crippen LogP contribution < -0.4 is 16.0 Å². The number of carbonyl (C=O) groups excluding carboxylic acids is 2. The first-order valence-electron chi connectivity index (χ1n) is 6.44. The first-order chi connectivity index (χ1) is 9.63. The average Bonchev–Trinajstić information content (AvgIpc) is 2.50. The monoisotopic (exact) mass is 282 g/mol. The molecule has 1 heterocycles. The van der Waals surface area contributed by atoms with Crippen LogP contribution in [0.4, 0.5) is 4.79 Å². The molecule has 8 nitrogen and oxygen atoms in total. The zero-order chi connectivity index (χ0) is 15.0. The molecule has 0 radical (unpaired) electrons. The topological polar surface area (TPSA) is 89.1 Å². The van der Waals surface area contributed by atoms with Crippen molar-refractivity contribution >= 4 is 18.3 Å². The number of urea groups is 1. The summed E-state index contributed by atoms with van der Waals surface area (Å²) >= 11 is 0. The van der Waals surface area contributed by atoms with E-state index in [0.29, 0.717) is 18.1 Å². The van der Waals surface area contributed by atoms with E-state index in [-0.39, 0.29) is 6.03 Å². The number of guanidine groups is 1. The molecule has 1 saturated heterocycles. The van der Waals surface area contributed by atoms with Gasteiger partial charge in [0.2, 0.25) is 0 Å². The molecule has 8 heteroatoms. The molecule has 2 amide bonds. The average molecular weight is 282 g/mol. The fourth-order valence-corrected chi connectivity index (χ4v) is 1.85. The number of nitrogens with one attached hydrogen (secondary N) is 3.